The fourth-order valence-electron chi connectivity index (χ4n) is 1.26. The number of aliphatic hydroxyl groups is 1. The summed E-state index contributed by atoms with van der Waals surface area (Å²) in [6, 6.07) is -0.722. The van der Waals surface area contributed by atoms with Crippen molar-refractivity contribution in [2.45, 2.75) is 32.4 Å². The Balaban J connectivity index is 4.87. The predicted molar refractivity (Wildman–Crippen MR) is 76.9 cm³/mol. The van der Waals surface area contributed by atoms with Crippen LogP contribution in [0.15, 0.2) is 12.7 Å². The molecule has 0 saturated carbocycles. The maximum Gasteiger partial charge on any atom is 0.425 e. The molecule has 0 rings (SSSR count). The number of amides is 2. The molecule has 8 heteroatoms. The number of ether oxygens (including phenoxy) is 1. The molecule has 0 aromatic rings. The number of carbonyl (C=O) groups is 2. The van der Waals surface area contributed by atoms with Crippen LogP contribution in [0.3, 0.4) is 0 Å². The molecule has 0 aliphatic heterocycles. The van der Waals surface area contributed by atoms with Gasteiger partial charge in [-0.2, -0.15) is 0 Å². The molecule has 21 heavy (non-hydrogen) atoms. The molecule has 0 aliphatic rings. The minimum absolute atomic E-state index is 0.200. The third kappa shape index (κ3) is 7.07. The van der Waals surface area contributed by atoms with Gasteiger partial charge in [0.15, 0.2) is 0 Å². The number of hydrogen-bond donors (Lipinski definition) is 2. The number of hydrazine groups is 1. The summed E-state index contributed by atoms with van der Waals surface area (Å²) in [5.41, 5.74) is 1.91. The summed E-state index contributed by atoms with van der Waals surface area (Å²) < 4.78 is 5.21. The molecule has 0 aromatic heterocycles. The van der Waals surface area contributed by atoms with E-state index in [-0.39, 0.29) is 13.2 Å². The minimum atomic E-state index is -0.722. The second-order valence-corrected chi connectivity index (χ2v) is 5.24. The topological polar surface area (TPSA) is 91.3 Å². The van der Waals surface area contributed by atoms with E-state index in [4.69, 9.17) is 9.57 Å². The molecule has 0 saturated heterocycles. The summed E-state index contributed by atoms with van der Waals surface area (Å²) in [5.74, 6) is -0.396. The molecule has 0 spiro atoms. The number of likely N-dealkylation sites (N-methyl/N-ethyl adjacent to an activating group) is 1. The van der Waals surface area contributed by atoms with E-state index in [0.29, 0.717) is 0 Å². The van der Waals surface area contributed by atoms with Gasteiger partial charge < -0.3 is 9.84 Å². The van der Waals surface area contributed by atoms with Crippen LogP contribution in [0, 0.1) is 0 Å². The first-order chi connectivity index (χ1) is 9.66. The second-order valence-electron chi connectivity index (χ2n) is 5.24. The molecule has 0 aromatic carbocycles. The van der Waals surface area contributed by atoms with Crippen LogP contribution in [0.25, 0.3) is 0 Å². The van der Waals surface area contributed by atoms with Crippen molar-refractivity contribution < 1.29 is 24.3 Å². The zero-order valence-electron chi connectivity index (χ0n) is 13.3. The molecule has 0 radical (unpaired) electrons. The van der Waals surface area contributed by atoms with Crippen molar-refractivity contribution in [3.63, 3.8) is 0 Å². The van der Waals surface area contributed by atoms with Gasteiger partial charge in [0.25, 0.3) is 5.91 Å². The maximum atomic E-state index is 12.1. The maximum absolute atomic E-state index is 12.1. The summed E-state index contributed by atoms with van der Waals surface area (Å²) >= 11 is 0. The highest BCUT2D eigenvalue weighted by Gasteiger charge is 2.27. The average molecular weight is 303 g/mol. The van der Waals surface area contributed by atoms with E-state index >= 15 is 0 Å². The lowest BCUT2D eigenvalue weighted by Gasteiger charge is -2.31. The standard InChI is InChI=1S/C13H25N3O5/c1-7-10(9-17)16(12(19)21-13(2,3)4)14-8-11(18)15(5)20-6/h7,10,14,17H,1,8-9H2,2-6H3/t10-/m0/s1. The van der Waals surface area contributed by atoms with E-state index in [1.807, 2.05) is 0 Å². The first-order valence-corrected chi connectivity index (χ1v) is 6.46. The molecular formula is C13H25N3O5. The van der Waals surface area contributed by atoms with Crippen LogP contribution in [0.1, 0.15) is 20.8 Å². The van der Waals surface area contributed by atoms with Crippen LogP contribution in [0.5, 0.6) is 0 Å². The normalized spacial score (nSPS) is 12.5. The molecule has 2 amide bonds. The fourth-order valence-corrected chi connectivity index (χ4v) is 1.26. The number of rotatable bonds is 7. The van der Waals surface area contributed by atoms with Gasteiger partial charge in [0.2, 0.25) is 0 Å². The lowest BCUT2D eigenvalue weighted by atomic mass is 10.2. The number of nitrogens with zero attached hydrogens (tertiary/aromatic N) is 2. The fraction of sp³-hybridized carbons (Fsp3) is 0.692. The monoisotopic (exact) mass is 303 g/mol. The lowest BCUT2D eigenvalue weighted by molar-refractivity contribution is -0.168. The van der Waals surface area contributed by atoms with Crippen LogP contribution in [0.2, 0.25) is 0 Å². The van der Waals surface area contributed by atoms with Gasteiger partial charge in [-0.3, -0.25) is 9.63 Å². The third-order valence-electron chi connectivity index (χ3n) is 2.41. The molecular weight excluding hydrogens is 278 g/mol. The SMILES string of the molecule is C=C[C@@H](CO)N(NCC(=O)N(C)OC)C(=O)OC(C)(C)C. The number of aliphatic hydroxyl groups excluding tert-OH is 1. The first-order valence-electron chi connectivity index (χ1n) is 6.46. The van der Waals surface area contributed by atoms with Gasteiger partial charge in [-0.1, -0.05) is 6.08 Å². The predicted octanol–water partition coefficient (Wildman–Crippen LogP) is 0.295. The summed E-state index contributed by atoms with van der Waals surface area (Å²) in [6.45, 7) is 8.13. The van der Waals surface area contributed by atoms with E-state index in [2.05, 4.69) is 12.0 Å². The van der Waals surface area contributed by atoms with Gasteiger partial charge in [-0.25, -0.2) is 20.3 Å². The summed E-state index contributed by atoms with van der Waals surface area (Å²) in [6.07, 6.45) is 0.663. The van der Waals surface area contributed by atoms with Crippen LogP contribution < -0.4 is 5.43 Å². The van der Waals surface area contributed by atoms with Gasteiger partial charge in [0.05, 0.1) is 26.3 Å². The molecule has 8 nitrogen and oxygen atoms in total. The van der Waals surface area contributed by atoms with E-state index in [0.717, 1.165) is 10.1 Å². The van der Waals surface area contributed by atoms with Crippen molar-refractivity contribution in [2.24, 2.45) is 0 Å². The van der Waals surface area contributed by atoms with Crippen molar-refractivity contribution in [2.75, 3.05) is 27.3 Å². The van der Waals surface area contributed by atoms with Crippen molar-refractivity contribution >= 4 is 12.0 Å². The van der Waals surface area contributed by atoms with Gasteiger partial charge in [0, 0.05) is 7.05 Å². The van der Waals surface area contributed by atoms with Gasteiger partial charge in [0.1, 0.15) is 5.60 Å². The lowest BCUT2D eigenvalue weighted by Crippen LogP contribution is -2.54. The Kier molecular flexibility index (Phi) is 7.93. The Morgan fingerprint density at radius 2 is 2.00 bits per heavy atom. The van der Waals surface area contributed by atoms with Crippen molar-refractivity contribution in [3.05, 3.63) is 12.7 Å². The second kappa shape index (κ2) is 8.60. The number of hydroxylamine groups is 2. The van der Waals surface area contributed by atoms with Crippen molar-refractivity contribution in [1.29, 1.82) is 0 Å². The molecule has 0 fully saturated rings. The Hall–Kier alpha value is -1.64. The highest BCUT2D eigenvalue weighted by atomic mass is 16.7. The summed E-state index contributed by atoms with van der Waals surface area (Å²) in [7, 11) is 2.79. The molecule has 122 valence electrons. The van der Waals surface area contributed by atoms with E-state index in [9.17, 15) is 14.7 Å². The van der Waals surface area contributed by atoms with Gasteiger partial charge in [-0.15, -0.1) is 6.58 Å². The third-order valence-corrected chi connectivity index (χ3v) is 2.41. The van der Waals surface area contributed by atoms with Gasteiger partial charge in [-0.05, 0) is 20.8 Å². The Bertz CT molecular complexity index is 367. The molecule has 1 atom stereocenters. The molecule has 0 heterocycles. The molecule has 2 N–H and O–H groups in total. The Labute approximate surface area is 125 Å². The largest absolute Gasteiger partial charge is 0.443 e. The number of hydrogen-bond acceptors (Lipinski definition) is 6. The van der Waals surface area contributed by atoms with E-state index in [1.54, 1.807) is 20.8 Å². The van der Waals surface area contributed by atoms with E-state index < -0.39 is 23.6 Å². The van der Waals surface area contributed by atoms with Gasteiger partial charge >= 0.3 is 6.09 Å². The van der Waals surface area contributed by atoms with Crippen molar-refractivity contribution in [1.82, 2.24) is 15.5 Å². The average Bonchev–Trinajstić information content (AvgIpc) is 2.39. The van der Waals surface area contributed by atoms with Crippen molar-refractivity contribution in [3.8, 4) is 0 Å². The summed E-state index contributed by atoms with van der Waals surface area (Å²) in [5, 5.41) is 11.3. The zero-order valence-corrected chi connectivity index (χ0v) is 13.3. The van der Waals surface area contributed by atoms with Crippen LogP contribution in [-0.4, -0.2) is 66.1 Å². The smallest absolute Gasteiger partial charge is 0.425 e. The highest BCUT2D eigenvalue weighted by molar-refractivity contribution is 5.77. The Morgan fingerprint density at radius 1 is 1.43 bits per heavy atom. The van der Waals surface area contributed by atoms with Crippen LogP contribution in [-0.2, 0) is 14.4 Å². The molecule has 0 aliphatic carbocycles. The highest BCUT2D eigenvalue weighted by Crippen LogP contribution is 2.11. The summed E-state index contributed by atoms with van der Waals surface area (Å²) in [4.78, 5) is 28.5. The quantitative estimate of drug-likeness (QED) is 0.519. The Morgan fingerprint density at radius 3 is 2.38 bits per heavy atom. The number of carbonyl (C=O) groups excluding carboxylic acids is 2. The zero-order chi connectivity index (χ0) is 16.6. The van der Waals surface area contributed by atoms with Crippen LogP contribution in [0.4, 0.5) is 4.79 Å². The number of nitrogens with one attached hydrogen (secondary N) is 1. The van der Waals surface area contributed by atoms with Crippen LogP contribution >= 0.6 is 0 Å². The molecule has 0 unspecified atom stereocenters. The molecule has 0 bridgehead atoms. The minimum Gasteiger partial charge on any atom is -0.443 e. The first kappa shape index (κ1) is 19.4. The van der Waals surface area contributed by atoms with E-state index in [1.165, 1.54) is 20.2 Å².